The minimum Gasteiger partial charge on any atom is -0.439 e. The van der Waals surface area contributed by atoms with Gasteiger partial charge in [-0.2, -0.15) is 0 Å². The van der Waals surface area contributed by atoms with Gasteiger partial charge in [-0.05, 0) is 62.1 Å². The molecule has 0 unspecified atom stereocenters. The molecule has 0 saturated carbocycles. The molecule has 33 heavy (non-hydrogen) atoms. The van der Waals surface area contributed by atoms with Crippen molar-refractivity contribution in [1.29, 1.82) is 0 Å². The van der Waals surface area contributed by atoms with Crippen LogP contribution in [-0.2, 0) is 11.2 Å². The van der Waals surface area contributed by atoms with Crippen molar-refractivity contribution in [2.24, 2.45) is 0 Å². The van der Waals surface area contributed by atoms with E-state index in [4.69, 9.17) is 4.74 Å². The summed E-state index contributed by atoms with van der Waals surface area (Å²) in [4.78, 5) is 30.5. The number of aryl methyl sites for hydroxylation is 4. The van der Waals surface area contributed by atoms with Crippen LogP contribution in [0.1, 0.15) is 29.2 Å². The van der Waals surface area contributed by atoms with Crippen molar-refractivity contribution in [3.05, 3.63) is 77.0 Å². The zero-order valence-corrected chi connectivity index (χ0v) is 19.7. The van der Waals surface area contributed by atoms with E-state index in [1.165, 1.54) is 16.7 Å². The Hall–Kier alpha value is -3.87. The van der Waals surface area contributed by atoms with Gasteiger partial charge in [0.05, 0.1) is 11.9 Å². The SMILES string of the molecule is CCc1cccc(Oc2ccc(NC(=O)N(C)CC(=O)Nc3c(C)cc(C)cc3C)cn2)c1. The monoisotopic (exact) mass is 446 g/mol. The molecule has 0 atom stereocenters. The average Bonchev–Trinajstić information content (AvgIpc) is 2.77. The molecule has 7 nitrogen and oxygen atoms in total. The molecule has 2 N–H and O–H groups in total. The molecule has 1 aromatic heterocycles. The summed E-state index contributed by atoms with van der Waals surface area (Å²) in [6, 6.07) is 14.8. The second-order valence-corrected chi connectivity index (χ2v) is 8.10. The van der Waals surface area contributed by atoms with Crippen molar-refractivity contribution in [1.82, 2.24) is 9.88 Å². The van der Waals surface area contributed by atoms with Gasteiger partial charge in [0.15, 0.2) is 0 Å². The van der Waals surface area contributed by atoms with E-state index in [1.807, 2.05) is 57.2 Å². The van der Waals surface area contributed by atoms with Crippen LogP contribution in [0, 0.1) is 20.8 Å². The number of hydrogen-bond donors (Lipinski definition) is 2. The summed E-state index contributed by atoms with van der Waals surface area (Å²) in [6.45, 7) is 7.92. The fourth-order valence-electron chi connectivity index (χ4n) is 3.53. The second-order valence-electron chi connectivity index (χ2n) is 8.10. The number of hydrogen-bond acceptors (Lipinski definition) is 4. The fourth-order valence-corrected chi connectivity index (χ4v) is 3.53. The summed E-state index contributed by atoms with van der Waals surface area (Å²) in [6.07, 6.45) is 2.44. The Kier molecular flexibility index (Phi) is 7.66. The number of rotatable bonds is 7. The number of aromatic nitrogens is 1. The molecule has 7 heteroatoms. The summed E-state index contributed by atoms with van der Waals surface area (Å²) < 4.78 is 5.78. The molecule has 3 rings (SSSR count). The first-order valence-electron chi connectivity index (χ1n) is 10.9. The van der Waals surface area contributed by atoms with E-state index in [1.54, 1.807) is 19.2 Å². The highest BCUT2D eigenvalue weighted by molar-refractivity contribution is 5.97. The lowest BCUT2D eigenvalue weighted by atomic mass is 10.1. The van der Waals surface area contributed by atoms with Gasteiger partial charge in [0.1, 0.15) is 12.3 Å². The highest BCUT2D eigenvalue weighted by atomic mass is 16.5. The zero-order valence-electron chi connectivity index (χ0n) is 19.7. The Morgan fingerprint density at radius 1 is 1.00 bits per heavy atom. The highest BCUT2D eigenvalue weighted by Crippen LogP contribution is 2.23. The molecule has 0 aliphatic carbocycles. The minimum atomic E-state index is -0.409. The molecular formula is C26H30N4O3. The van der Waals surface area contributed by atoms with E-state index >= 15 is 0 Å². The number of benzene rings is 2. The maximum absolute atomic E-state index is 12.5. The standard InChI is InChI=1S/C26H30N4O3/c1-6-20-8-7-9-22(14-20)33-24-11-10-21(15-27-24)28-26(32)30(5)16-23(31)29-25-18(3)12-17(2)13-19(25)4/h7-15H,6,16H2,1-5H3,(H,28,32)(H,29,31). The number of carbonyl (C=O) groups excluding carboxylic acids is 2. The highest BCUT2D eigenvalue weighted by Gasteiger charge is 2.15. The molecule has 0 aliphatic rings. The molecule has 1 heterocycles. The molecule has 172 valence electrons. The number of anilines is 2. The largest absolute Gasteiger partial charge is 0.439 e. The van der Waals surface area contributed by atoms with Crippen LogP contribution in [0.15, 0.2) is 54.7 Å². The van der Waals surface area contributed by atoms with Crippen molar-refractivity contribution >= 4 is 23.3 Å². The van der Waals surface area contributed by atoms with Crippen LogP contribution >= 0.6 is 0 Å². The van der Waals surface area contributed by atoms with Gasteiger partial charge in [-0.1, -0.05) is 36.8 Å². The van der Waals surface area contributed by atoms with E-state index in [2.05, 4.69) is 22.5 Å². The topological polar surface area (TPSA) is 83.6 Å². The van der Waals surface area contributed by atoms with E-state index in [9.17, 15) is 9.59 Å². The number of carbonyl (C=O) groups is 2. The van der Waals surface area contributed by atoms with E-state index in [-0.39, 0.29) is 12.5 Å². The Morgan fingerprint density at radius 3 is 2.36 bits per heavy atom. The lowest BCUT2D eigenvalue weighted by Crippen LogP contribution is -2.37. The van der Waals surface area contributed by atoms with Gasteiger partial charge in [0, 0.05) is 18.8 Å². The summed E-state index contributed by atoms with van der Waals surface area (Å²) in [7, 11) is 1.56. The van der Waals surface area contributed by atoms with E-state index in [0.29, 0.717) is 17.3 Å². The predicted molar refractivity (Wildman–Crippen MR) is 131 cm³/mol. The number of ether oxygens (including phenoxy) is 1. The van der Waals surface area contributed by atoms with Crippen molar-refractivity contribution in [2.75, 3.05) is 24.2 Å². The van der Waals surface area contributed by atoms with Gasteiger partial charge in [-0.25, -0.2) is 9.78 Å². The first-order chi connectivity index (χ1) is 15.7. The molecule has 2 aromatic carbocycles. The Morgan fingerprint density at radius 2 is 1.73 bits per heavy atom. The maximum atomic E-state index is 12.5. The second kappa shape index (κ2) is 10.6. The van der Waals surface area contributed by atoms with E-state index in [0.717, 1.165) is 28.8 Å². The smallest absolute Gasteiger partial charge is 0.322 e. The molecule has 0 saturated heterocycles. The van der Waals surface area contributed by atoms with Crippen molar-refractivity contribution in [3.8, 4) is 11.6 Å². The number of nitrogens with zero attached hydrogens (tertiary/aromatic N) is 2. The third-order valence-electron chi connectivity index (χ3n) is 5.19. The van der Waals surface area contributed by atoms with Crippen molar-refractivity contribution in [3.63, 3.8) is 0 Å². The summed E-state index contributed by atoms with van der Waals surface area (Å²) in [5.74, 6) is 0.875. The van der Waals surface area contributed by atoms with E-state index < -0.39 is 6.03 Å². The molecular weight excluding hydrogens is 416 g/mol. The molecule has 3 amide bonds. The van der Waals surface area contributed by atoms with Gasteiger partial charge in [-0.3, -0.25) is 4.79 Å². The quantitative estimate of drug-likeness (QED) is 0.504. The number of pyridine rings is 1. The third kappa shape index (κ3) is 6.55. The molecule has 3 aromatic rings. The van der Waals surface area contributed by atoms with Crippen LogP contribution in [0.4, 0.5) is 16.2 Å². The van der Waals surface area contributed by atoms with Crippen LogP contribution < -0.4 is 15.4 Å². The molecule has 0 bridgehead atoms. The van der Waals surface area contributed by atoms with Gasteiger partial charge in [0.25, 0.3) is 0 Å². The number of likely N-dealkylation sites (N-methyl/N-ethyl adjacent to an activating group) is 1. The zero-order chi connectivity index (χ0) is 24.0. The minimum absolute atomic E-state index is 0.0824. The Bertz CT molecular complexity index is 1120. The summed E-state index contributed by atoms with van der Waals surface area (Å²) >= 11 is 0. The normalized spacial score (nSPS) is 10.5. The van der Waals surface area contributed by atoms with Crippen LogP contribution in [0.5, 0.6) is 11.6 Å². The van der Waals surface area contributed by atoms with Crippen LogP contribution in [0.25, 0.3) is 0 Å². The number of urea groups is 1. The number of amides is 3. The van der Waals surface area contributed by atoms with Crippen LogP contribution in [0.3, 0.4) is 0 Å². The number of nitrogens with one attached hydrogen (secondary N) is 2. The average molecular weight is 447 g/mol. The summed E-state index contributed by atoms with van der Waals surface area (Å²) in [5, 5.41) is 5.64. The summed E-state index contributed by atoms with van der Waals surface area (Å²) in [5.41, 5.74) is 5.58. The van der Waals surface area contributed by atoms with Crippen molar-refractivity contribution < 1.29 is 14.3 Å². The molecule has 0 spiro atoms. The lowest BCUT2D eigenvalue weighted by Gasteiger charge is -2.19. The van der Waals surface area contributed by atoms with Crippen LogP contribution in [-0.4, -0.2) is 35.4 Å². The lowest BCUT2D eigenvalue weighted by molar-refractivity contribution is -0.116. The first kappa shape index (κ1) is 23.8. The predicted octanol–water partition coefficient (Wildman–Crippen LogP) is 5.46. The van der Waals surface area contributed by atoms with Gasteiger partial charge in [-0.15, -0.1) is 0 Å². The van der Waals surface area contributed by atoms with Crippen molar-refractivity contribution in [2.45, 2.75) is 34.1 Å². The Balaban J connectivity index is 1.54. The third-order valence-corrected chi connectivity index (χ3v) is 5.19. The first-order valence-corrected chi connectivity index (χ1v) is 10.9. The van der Waals surface area contributed by atoms with Crippen LogP contribution in [0.2, 0.25) is 0 Å². The fraction of sp³-hybridized carbons (Fsp3) is 0.269. The molecule has 0 radical (unpaired) electrons. The molecule has 0 aliphatic heterocycles. The van der Waals surface area contributed by atoms with Gasteiger partial charge in [0.2, 0.25) is 11.8 Å². The van der Waals surface area contributed by atoms with Gasteiger partial charge >= 0.3 is 6.03 Å². The maximum Gasteiger partial charge on any atom is 0.322 e. The molecule has 0 fully saturated rings. The van der Waals surface area contributed by atoms with Gasteiger partial charge < -0.3 is 20.3 Å². The Labute approximate surface area is 194 Å².